The van der Waals surface area contributed by atoms with Gasteiger partial charge in [0.2, 0.25) is 0 Å². The van der Waals surface area contributed by atoms with Gasteiger partial charge in [-0.1, -0.05) is 6.07 Å². The van der Waals surface area contributed by atoms with E-state index in [1.165, 1.54) is 36.5 Å². The third-order valence-corrected chi connectivity index (χ3v) is 4.30. The van der Waals surface area contributed by atoms with E-state index in [9.17, 15) is 12.8 Å². The number of halogens is 1. The Morgan fingerprint density at radius 2 is 2.05 bits per heavy atom. The van der Waals surface area contributed by atoms with Gasteiger partial charge in [0.05, 0.1) is 5.69 Å². The van der Waals surface area contributed by atoms with Crippen LogP contribution in [0.5, 0.6) is 0 Å². The lowest BCUT2D eigenvalue weighted by Crippen LogP contribution is -2.34. The number of anilines is 1. The van der Waals surface area contributed by atoms with E-state index in [-0.39, 0.29) is 11.3 Å². The average Bonchev–Trinajstić information content (AvgIpc) is 2.35. The summed E-state index contributed by atoms with van der Waals surface area (Å²) in [4.78, 5) is 0. The van der Waals surface area contributed by atoms with Crippen LogP contribution in [0.4, 0.5) is 10.1 Å². The van der Waals surface area contributed by atoms with Crippen LogP contribution < -0.4 is 10.0 Å². The summed E-state index contributed by atoms with van der Waals surface area (Å²) in [7, 11) is -0.343. The highest BCUT2D eigenvalue weighted by Gasteiger charge is 2.18. The fourth-order valence-electron chi connectivity index (χ4n) is 1.53. The van der Waals surface area contributed by atoms with E-state index in [1.807, 2.05) is 7.05 Å². The molecule has 0 atom stereocenters. The smallest absolute Gasteiger partial charge is 0.301 e. The first kappa shape index (κ1) is 15.9. The van der Waals surface area contributed by atoms with E-state index in [4.69, 9.17) is 0 Å². The maximum Gasteiger partial charge on any atom is 0.301 e. The predicted molar refractivity (Wildman–Crippen MR) is 74.9 cm³/mol. The van der Waals surface area contributed by atoms with Gasteiger partial charge in [0, 0.05) is 19.2 Å². The van der Waals surface area contributed by atoms with Crippen LogP contribution in [-0.4, -0.2) is 39.9 Å². The normalized spacial score (nSPS) is 11.8. The van der Waals surface area contributed by atoms with Crippen molar-refractivity contribution in [3.8, 4) is 0 Å². The van der Waals surface area contributed by atoms with Crippen LogP contribution in [0.25, 0.3) is 0 Å². The maximum absolute atomic E-state index is 13.3. The Morgan fingerprint density at radius 3 is 2.68 bits per heavy atom. The zero-order chi connectivity index (χ0) is 14.5. The first-order chi connectivity index (χ1) is 8.88. The van der Waals surface area contributed by atoms with E-state index in [0.29, 0.717) is 13.0 Å². The quantitative estimate of drug-likeness (QED) is 0.745. The van der Waals surface area contributed by atoms with Gasteiger partial charge in [0.1, 0.15) is 5.82 Å². The fourth-order valence-corrected chi connectivity index (χ4v) is 2.56. The van der Waals surface area contributed by atoms with E-state index in [0.717, 1.165) is 6.54 Å². The van der Waals surface area contributed by atoms with E-state index >= 15 is 0 Å². The van der Waals surface area contributed by atoms with Gasteiger partial charge in [-0.3, -0.25) is 4.72 Å². The van der Waals surface area contributed by atoms with Gasteiger partial charge in [-0.05, 0) is 39.1 Å². The fraction of sp³-hybridized carbons (Fsp3) is 0.500. The molecule has 1 aromatic rings. The molecule has 0 aromatic heterocycles. The van der Waals surface area contributed by atoms with Crippen molar-refractivity contribution < 1.29 is 12.8 Å². The van der Waals surface area contributed by atoms with Crippen LogP contribution in [0.2, 0.25) is 0 Å². The Hall–Kier alpha value is -1.18. The van der Waals surface area contributed by atoms with Crippen molar-refractivity contribution in [2.24, 2.45) is 0 Å². The standard InChI is InChI=1S/C12H20FN3O2S/c1-10-11(13)6-4-7-12(10)15-19(17,18)16(3)9-5-8-14-2/h4,6-7,14-15H,5,8-9H2,1-3H3. The molecule has 19 heavy (non-hydrogen) atoms. The number of rotatable bonds is 7. The second kappa shape index (κ2) is 6.83. The molecule has 0 unspecified atom stereocenters. The lowest BCUT2D eigenvalue weighted by Gasteiger charge is -2.19. The molecule has 0 spiro atoms. The second-order valence-electron chi connectivity index (χ2n) is 4.30. The predicted octanol–water partition coefficient (Wildman–Crippen LogP) is 1.33. The SMILES string of the molecule is CNCCCN(C)S(=O)(=O)Nc1cccc(F)c1C. The molecule has 0 bridgehead atoms. The number of benzene rings is 1. The second-order valence-corrected chi connectivity index (χ2v) is 6.08. The molecule has 0 amide bonds. The summed E-state index contributed by atoms with van der Waals surface area (Å²) >= 11 is 0. The first-order valence-corrected chi connectivity index (χ1v) is 7.46. The van der Waals surface area contributed by atoms with Crippen LogP contribution in [0.1, 0.15) is 12.0 Å². The molecule has 1 rings (SSSR count). The third-order valence-electron chi connectivity index (χ3n) is 2.82. The molecule has 0 saturated carbocycles. The van der Waals surface area contributed by atoms with Gasteiger partial charge in [0.15, 0.2) is 0 Å². The Morgan fingerprint density at radius 1 is 1.37 bits per heavy atom. The van der Waals surface area contributed by atoms with Crippen molar-refractivity contribution in [3.05, 3.63) is 29.6 Å². The molecule has 0 aliphatic rings. The molecule has 2 N–H and O–H groups in total. The molecule has 5 nitrogen and oxygen atoms in total. The minimum atomic E-state index is -3.64. The molecule has 0 aliphatic carbocycles. The van der Waals surface area contributed by atoms with Crippen molar-refractivity contribution in [3.63, 3.8) is 0 Å². The summed E-state index contributed by atoms with van der Waals surface area (Å²) < 4.78 is 41.0. The van der Waals surface area contributed by atoms with E-state index in [1.54, 1.807) is 0 Å². The summed E-state index contributed by atoms with van der Waals surface area (Å²) in [6, 6.07) is 4.31. The third kappa shape index (κ3) is 4.45. The largest absolute Gasteiger partial charge is 0.320 e. The average molecular weight is 289 g/mol. The molecule has 1 aromatic carbocycles. The van der Waals surface area contributed by atoms with Crippen molar-refractivity contribution >= 4 is 15.9 Å². The van der Waals surface area contributed by atoms with Crippen LogP contribution in [-0.2, 0) is 10.2 Å². The number of hydrogen-bond acceptors (Lipinski definition) is 3. The lowest BCUT2D eigenvalue weighted by atomic mass is 10.2. The molecule has 0 radical (unpaired) electrons. The van der Waals surface area contributed by atoms with Crippen molar-refractivity contribution in [1.29, 1.82) is 0 Å². The van der Waals surface area contributed by atoms with Crippen LogP contribution in [0.15, 0.2) is 18.2 Å². The maximum atomic E-state index is 13.3. The van der Waals surface area contributed by atoms with Crippen molar-refractivity contribution in [2.45, 2.75) is 13.3 Å². The molecule has 0 saturated heterocycles. The summed E-state index contributed by atoms with van der Waals surface area (Å²) in [5.74, 6) is -0.432. The molecular weight excluding hydrogens is 269 g/mol. The van der Waals surface area contributed by atoms with Gasteiger partial charge in [-0.2, -0.15) is 12.7 Å². The Labute approximate surface area is 114 Å². The van der Waals surface area contributed by atoms with Crippen LogP contribution >= 0.6 is 0 Å². The summed E-state index contributed by atoms with van der Waals surface area (Å²) in [6.07, 6.45) is 0.704. The van der Waals surface area contributed by atoms with Gasteiger partial charge in [-0.15, -0.1) is 0 Å². The summed E-state index contributed by atoms with van der Waals surface area (Å²) in [5, 5.41) is 2.95. The number of nitrogens with one attached hydrogen (secondary N) is 2. The lowest BCUT2D eigenvalue weighted by molar-refractivity contribution is 0.462. The molecule has 108 valence electrons. The van der Waals surface area contributed by atoms with Crippen LogP contribution in [0.3, 0.4) is 0 Å². The monoisotopic (exact) mass is 289 g/mol. The molecule has 0 heterocycles. The van der Waals surface area contributed by atoms with Gasteiger partial charge < -0.3 is 5.32 Å². The van der Waals surface area contributed by atoms with Crippen molar-refractivity contribution in [1.82, 2.24) is 9.62 Å². The van der Waals surface area contributed by atoms with Gasteiger partial charge >= 0.3 is 10.2 Å². The molecular formula is C12H20FN3O2S. The Kier molecular flexibility index (Phi) is 5.71. The Bertz CT molecular complexity index is 520. The highest BCUT2D eigenvalue weighted by Crippen LogP contribution is 2.19. The first-order valence-electron chi connectivity index (χ1n) is 6.02. The van der Waals surface area contributed by atoms with E-state index in [2.05, 4.69) is 10.0 Å². The molecule has 0 aliphatic heterocycles. The van der Waals surface area contributed by atoms with Crippen molar-refractivity contribution in [2.75, 3.05) is 31.9 Å². The summed E-state index contributed by atoms with van der Waals surface area (Å²) in [6.45, 7) is 2.66. The minimum absolute atomic E-state index is 0.264. The topological polar surface area (TPSA) is 61.4 Å². The molecule has 0 fully saturated rings. The minimum Gasteiger partial charge on any atom is -0.320 e. The number of nitrogens with zero attached hydrogens (tertiary/aromatic N) is 1. The zero-order valence-corrected chi connectivity index (χ0v) is 12.2. The highest BCUT2D eigenvalue weighted by atomic mass is 32.2. The zero-order valence-electron chi connectivity index (χ0n) is 11.4. The van der Waals surface area contributed by atoms with E-state index < -0.39 is 16.0 Å². The van der Waals surface area contributed by atoms with Gasteiger partial charge in [0.25, 0.3) is 0 Å². The number of hydrogen-bond donors (Lipinski definition) is 2. The highest BCUT2D eigenvalue weighted by molar-refractivity contribution is 7.90. The van der Waals surface area contributed by atoms with Gasteiger partial charge in [-0.25, -0.2) is 4.39 Å². The Balaban J connectivity index is 2.76. The summed E-state index contributed by atoms with van der Waals surface area (Å²) in [5.41, 5.74) is 0.551. The van der Waals surface area contributed by atoms with Crippen LogP contribution in [0, 0.1) is 12.7 Å². The molecule has 7 heteroatoms.